The third-order valence-electron chi connectivity index (χ3n) is 12.1. The molecular formula is C53H74ClN15O5. The first-order chi connectivity index (χ1) is 35.2. The molecule has 7 N–H and O–H groups in total. The number of benzene rings is 1. The molecular weight excluding hydrogens is 962 g/mol. The van der Waals surface area contributed by atoms with Crippen LogP contribution in [-0.2, 0) is 14.2 Å². The van der Waals surface area contributed by atoms with Crippen LogP contribution in [0.4, 0.5) is 44.1 Å². The van der Waals surface area contributed by atoms with Gasteiger partial charge in [0.1, 0.15) is 34.7 Å². The molecule has 0 radical (unpaired) electrons. The van der Waals surface area contributed by atoms with Crippen molar-refractivity contribution >= 4 is 69.2 Å². The van der Waals surface area contributed by atoms with Gasteiger partial charge >= 0.3 is 12.2 Å². The van der Waals surface area contributed by atoms with Gasteiger partial charge in [0.25, 0.3) is 0 Å². The van der Waals surface area contributed by atoms with E-state index in [1.165, 1.54) is 0 Å². The van der Waals surface area contributed by atoms with Gasteiger partial charge in [-0.15, -0.1) is 0 Å². The molecule has 0 saturated carbocycles. The monoisotopic (exact) mass is 1040 g/mol. The van der Waals surface area contributed by atoms with Crippen LogP contribution >= 0.6 is 11.6 Å². The van der Waals surface area contributed by atoms with Crippen molar-refractivity contribution < 1.29 is 23.8 Å². The van der Waals surface area contributed by atoms with E-state index in [9.17, 15) is 14.9 Å². The summed E-state index contributed by atoms with van der Waals surface area (Å²) in [6, 6.07) is 21.2. The number of nitrogens with zero attached hydrogens (tertiary/aromatic N) is 11. The maximum absolute atomic E-state index is 12.0. The third-order valence-corrected chi connectivity index (χ3v) is 12.3. The van der Waals surface area contributed by atoms with Crippen molar-refractivity contribution in [2.75, 3.05) is 130 Å². The van der Waals surface area contributed by atoms with Crippen LogP contribution in [0, 0.1) is 11.3 Å². The molecule has 398 valence electrons. The first kappa shape index (κ1) is 56.4. The number of ether oxygens (including phenoxy) is 3. The van der Waals surface area contributed by atoms with E-state index in [-0.39, 0.29) is 30.0 Å². The molecule has 9 rings (SSSR count). The average Bonchev–Trinajstić information content (AvgIpc) is 3.36. The first-order valence-corrected chi connectivity index (χ1v) is 25.5. The molecule has 8 heterocycles. The molecule has 1 aromatic carbocycles. The number of piperazine rings is 3. The lowest BCUT2D eigenvalue weighted by molar-refractivity contribution is -0.0327. The number of hydrogen-bond acceptors (Lipinski definition) is 18. The van der Waals surface area contributed by atoms with Crippen molar-refractivity contribution in [3.8, 4) is 6.07 Å². The van der Waals surface area contributed by atoms with Crippen LogP contribution in [0.5, 0.6) is 0 Å². The highest BCUT2D eigenvalue weighted by Crippen LogP contribution is 2.31. The highest BCUT2D eigenvalue weighted by Gasteiger charge is 2.30. The van der Waals surface area contributed by atoms with Crippen molar-refractivity contribution in [2.45, 2.75) is 71.9 Å². The predicted octanol–water partition coefficient (Wildman–Crippen LogP) is 6.36. The zero-order valence-electron chi connectivity index (χ0n) is 43.9. The fourth-order valence-electron chi connectivity index (χ4n) is 8.68. The molecule has 0 spiro atoms. The number of aromatic nitrogens is 4. The maximum atomic E-state index is 12.0. The molecule has 0 bridgehead atoms. The minimum atomic E-state index is -0.451. The number of nitrogens with two attached hydrogens (primary N) is 3. The molecule has 0 unspecified atom stereocenters. The van der Waals surface area contributed by atoms with E-state index in [0.717, 1.165) is 113 Å². The van der Waals surface area contributed by atoms with E-state index < -0.39 is 5.60 Å². The molecule has 4 aliphatic rings. The van der Waals surface area contributed by atoms with Crippen molar-refractivity contribution in [1.29, 1.82) is 5.26 Å². The minimum Gasteiger partial charge on any atom is -0.444 e. The molecule has 2 atom stereocenters. The average molecular weight is 1040 g/mol. The standard InChI is InChI=1S/C25H29N7O.C14H22N4O2.C9H18N2O2.C5H5ClN2/c1-18-15-32(23-5-4-19(14-26)25-22(23)3-2-7-29-25)17-21(33-18)16-30-9-11-31(12-10-30)20-6-8-28-24(27)13-20;1-14(2,3)20-13(19)18-8-6-17(7-9-18)11-4-5-16-12(15)10-11;1-9(2,3)13-8(12)11-6-4-10-5-7-11;6-4-1-2-8-5(7)3-4/h2-8,13,18,21H,9-12,15-17H2,1H3,(H2,27,28);4-5,10H,6-9H2,1-3H3,(H2,15,16);10H,4-7H2,1-3H3;1-3H,(H2,7,8)/t18-,21+;;;/m1.../s1. The Morgan fingerprint density at radius 1 is 0.689 bits per heavy atom. The molecule has 4 aliphatic heterocycles. The Morgan fingerprint density at radius 2 is 1.22 bits per heavy atom. The Morgan fingerprint density at radius 3 is 1.72 bits per heavy atom. The smallest absolute Gasteiger partial charge is 0.410 e. The zero-order chi connectivity index (χ0) is 53.4. The van der Waals surface area contributed by atoms with Crippen molar-refractivity contribution in [3.05, 3.63) is 96.0 Å². The summed E-state index contributed by atoms with van der Waals surface area (Å²) in [5, 5.41) is 14.3. The summed E-state index contributed by atoms with van der Waals surface area (Å²) in [5.41, 5.74) is 20.6. The van der Waals surface area contributed by atoms with Gasteiger partial charge in [-0.25, -0.2) is 24.5 Å². The summed E-state index contributed by atoms with van der Waals surface area (Å²) in [7, 11) is 0. The Hall–Kier alpha value is -6.92. The number of nitriles is 1. The van der Waals surface area contributed by atoms with Crippen molar-refractivity contribution in [3.63, 3.8) is 0 Å². The number of morpholine rings is 1. The molecule has 5 aromatic rings. The Labute approximate surface area is 440 Å². The number of rotatable bonds is 5. The van der Waals surface area contributed by atoms with Gasteiger partial charge < -0.3 is 61.2 Å². The van der Waals surface area contributed by atoms with Crippen LogP contribution in [0.25, 0.3) is 10.9 Å². The SMILES string of the molecule is CC(C)(C)OC(=O)N1CCN(c2ccnc(N)c2)CC1.CC(C)(C)OC(=O)N1CCNCC1.C[C@@H]1CN(c2ccc(C#N)c3ncccc23)C[C@H](CN2CCN(c3ccnc(N)c3)CC2)O1.Nc1cc(Cl)ccn1. The van der Waals surface area contributed by atoms with Gasteiger partial charge in [0.2, 0.25) is 0 Å². The summed E-state index contributed by atoms with van der Waals surface area (Å²) in [4.78, 5) is 52.7. The van der Waals surface area contributed by atoms with Gasteiger partial charge in [0, 0.05) is 163 Å². The van der Waals surface area contributed by atoms with Crippen LogP contribution in [0.1, 0.15) is 54.0 Å². The second kappa shape index (κ2) is 26.3. The summed E-state index contributed by atoms with van der Waals surface area (Å²) in [6.45, 7) is 25.9. The Balaban J connectivity index is 0.000000183. The summed E-state index contributed by atoms with van der Waals surface area (Å²) in [6.07, 6.45) is 6.60. The van der Waals surface area contributed by atoms with Gasteiger partial charge in [-0.05, 0) is 97.0 Å². The lowest BCUT2D eigenvalue weighted by Gasteiger charge is -2.42. The summed E-state index contributed by atoms with van der Waals surface area (Å²) >= 11 is 5.52. The fourth-order valence-corrected chi connectivity index (χ4v) is 8.85. The second-order valence-electron chi connectivity index (χ2n) is 20.4. The number of halogens is 1. The number of hydrogen-bond donors (Lipinski definition) is 4. The molecule has 74 heavy (non-hydrogen) atoms. The van der Waals surface area contributed by atoms with E-state index in [0.29, 0.717) is 41.1 Å². The highest BCUT2D eigenvalue weighted by molar-refractivity contribution is 6.30. The van der Waals surface area contributed by atoms with Gasteiger partial charge in [-0.2, -0.15) is 5.26 Å². The van der Waals surface area contributed by atoms with Gasteiger partial charge in [0.05, 0.1) is 23.3 Å². The zero-order valence-corrected chi connectivity index (χ0v) is 44.7. The van der Waals surface area contributed by atoms with Gasteiger partial charge in [-0.3, -0.25) is 9.88 Å². The van der Waals surface area contributed by atoms with E-state index in [1.54, 1.807) is 46.7 Å². The summed E-state index contributed by atoms with van der Waals surface area (Å²) in [5.74, 6) is 1.53. The number of pyridine rings is 4. The third kappa shape index (κ3) is 17.6. The van der Waals surface area contributed by atoms with E-state index in [2.05, 4.69) is 70.0 Å². The molecule has 0 aliphatic carbocycles. The lowest BCUT2D eigenvalue weighted by atomic mass is 10.1. The van der Waals surface area contributed by atoms with Crippen LogP contribution < -0.4 is 37.2 Å². The fraction of sp³-hybridized carbons (Fsp3) is 0.491. The number of anilines is 6. The van der Waals surface area contributed by atoms with E-state index in [4.69, 9.17) is 43.0 Å². The lowest BCUT2D eigenvalue weighted by Crippen LogP contribution is -2.54. The second-order valence-corrected chi connectivity index (χ2v) is 20.8. The maximum Gasteiger partial charge on any atom is 0.410 e. The Bertz CT molecular complexity index is 2620. The van der Waals surface area contributed by atoms with Crippen LogP contribution in [0.15, 0.2) is 85.5 Å². The van der Waals surface area contributed by atoms with Crippen LogP contribution in [0.2, 0.25) is 5.02 Å². The number of amides is 2. The predicted molar refractivity (Wildman–Crippen MR) is 293 cm³/mol. The summed E-state index contributed by atoms with van der Waals surface area (Å²) < 4.78 is 16.9. The van der Waals surface area contributed by atoms with E-state index in [1.807, 2.05) is 77.9 Å². The molecule has 4 aromatic heterocycles. The molecule has 4 fully saturated rings. The Kier molecular flexibility index (Phi) is 20.1. The van der Waals surface area contributed by atoms with Crippen LogP contribution in [-0.4, -0.2) is 168 Å². The number of fused-ring (bicyclic) bond motifs is 1. The largest absolute Gasteiger partial charge is 0.444 e. The molecule has 2 amide bonds. The number of carbonyl (C=O) groups is 2. The van der Waals surface area contributed by atoms with Gasteiger partial charge in [0.15, 0.2) is 0 Å². The quantitative estimate of drug-likeness (QED) is 0.149. The van der Waals surface area contributed by atoms with Crippen molar-refractivity contribution in [1.82, 2.24) is 40.0 Å². The topological polar surface area (TPSA) is 247 Å². The van der Waals surface area contributed by atoms with E-state index >= 15 is 0 Å². The minimum absolute atomic E-state index is 0.124. The number of carbonyl (C=O) groups excluding carboxylic acids is 2. The van der Waals surface area contributed by atoms with Gasteiger partial charge in [-0.1, -0.05) is 11.6 Å². The number of nitrogens with one attached hydrogen (secondary N) is 1. The molecule has 21 heteroatoms. The highest BCUT2D eigenvalue weighted by atomic mass is 35.5. The van der Waals surface area contributed by atoms with Crippen LogP contribution in [0.3, 0.4) is 0 Å². The first-order valence-electron chi connectivity index (χ1n) is 25.1. The molecule has 4 saturated heterocycles. The van der Waals surface area contributed by atoms with Crippen molar-refractivity contribution in [2.24, 2.45) is 0 Å². The molecule has 20 nitrogen and oxygen atoms in total. The normalized spacial score (nSPS) is 18.3. The number of nitrogen functional groups attached to an aromatic ring is 3.